The van der Waals surface area contributed by atoms with Gasteiger partial charge in [0.05, 0.1) is 19.0 Å². The van der Waals surface area contributed by atoms with Gasteiger partial charge in [-0.2, -0.15) is 0 Å². The zero-order valence-corrected chi connectivity index (χ0v) is 8.97. The molecule has 0 saturated carbocycles. The first kappa shape index (κ1) is 11.5. The van der Waals surface area contributed by atoms with Crippen LogP contribution in [0.15, 0.2) is 11.3 Å². The summed E-state index contributed by atoms with van der Waals surface area (Å²) in [6.45, 7) is 8.31. The summed E-state index contributed by atoms with van der Waals surface area (Å²) in [5.41, 5.74) is 1.24. The van der Waals surface area contributed by atoms with E-state index in [-0.39, 0.29) is 6.10 Å². The van der Waals surface area contributed by atoms with E-state index in [9.17, 15) is 0 Å². The summed E-state index contributed by atoms with van der Waals surface area (Å²) in [4.78, 5) is 0. The molecule has 1 atom stereocenters. The fourth-order valence-electron chi connectivity index (χ4n) is 1.41. The van der Waals surface area contributed by atoms with Gasteiger partial charge in [0.15, 0.2) is 0 Å². The van der Waals surface area contributed by atoms with E-state index in [1.54, 1.807) is 14.2 Å². The average molecular weight is 172 g/mol. The minimum absolute atomic E-state index is 0.143. The van der Waals surface area contributed by atoms with Crippen LogP contribution in [0.1, 0.15) is 27.7 Å². The summed E-state index contributed by atoms with van der Waals surface area (Å²) in [6, 6.07) is 0. The van der Waals surface area contributed by atoms with Crippen molar-refractivity contribution in [3.63, 3.8) is 0 Å². The second-order valence-corrected chi connectivity index (χ2v) is 3.25. The second-order valence-electron chi connectivity index (χ2n) is 3.25. The van der Waals surface area contributed by atoms with Crippen molar-refractivity contribution in [1.82, 2.24) is 0 Å². The van der Waals surface area contributed by atoms with E-state index < -0.39 is 0 Å². The Kier molecular flexibility index (Phi) is 4.98. The molecule has 2 nitrogen and oxygen atoms in total. The van der Waals surface area contributed by atoms with Gasteiger partial charge in [0, 0.05) is 7.11 Å². The Balaban J connectivity index is 4.65. The number of allylic oxidation sites excluding steroid dienone is 1. The van der Waals surface area contributed by atoms with Crippen LogP contribution in [0.2, 0.25) is 0 Å². The molecule has 0 aromatic heterocycles. The molecule has 0 aromatic carbocycles. The molecule has 0 radical (unpaired) electrons. The van der Waals surface area contributed by atoms with Crippen LogP contribution in [0.4, 0.5) is 0 Å². The van der Waals surface area contributed by atoms with Gasteiger partial charge in [-0.05, 0) is 25.3 Å². The summed E-state index contributed by atoms with van der Waals surface area (Å²) in [7, 11) is 3.41. The van der Waals surface area contributed by atoms with Crippen LogP contribution in [0.3, 0.4) is 0 Å². The van der Waals surface area contributed by atoms with E-state index in [4.69, 9.17) is 9.47 Å². The van der Waals surface area contributed by atoms with Gasteiger partial charge in [-0.25, -0.2) is 0 Å². The highest BCUT2D eigenvalue weighted by Crippen LogP contribution is 2.20. The molecule has 0 bridgehead atoms. The van der Waals surface area contributed by atoms with Crippen LogP contribution in [0, 0.1) is 5.92 Å². The van der Waals surface area contributed by atoms with Crippen LogP contribution in [0.5, 0.6) is 0 Å². The molecule has 72 valence electrons. The summed E-state index contributed by atoms with van der Waals surface area (Å²) < 4.78 is 10.5. The Morgan fingerprint density at radius 2 is 1.58 bits per heavy atom. The van der Waals surface area contributed by atoms with E-state index in [1.165, 1.54) is 5.57 Å². The van der Waals surface area contributed by atoms with Gasteiger partial charge in [0.1, 0.15) is 0 Å². The maximum Gasteiger partial charge on any atom is 0.0944 e. The molecular weight excluding hydrogens is 152 g/mol. The molecule has 0 N–H and O–H groups in total. The van der Waals surface area contributed by atoms with Crippen LogP contribution in [-0.2, 0) is 9.47 Å². The molecule has 0 heterocycles. The minimum atomic E-state index is 0.143. The lowest BCUT2D eigenvalue weighted by Gasteiger charge is -2.20. The number of rotatable bonds is 4. The van der Waals surface area contributed by atoms with Crippen molar-refractivity contribution >= 4 is 0 Å². The number of hydrogen-bond donors (Lipinski definition) is 0. The largest absolute Gasteiger partial charge is 0.501 e. The highest BCUT2D eigenvalue weighted by atomic mass is 16.5. The van der Waals surface area contributed by atoms with E-state index >= 15 is 0 Å². The van der Waals surface area contributed by atoms with Crippen molar-refractivity contribution in [1.29, 1.82) is 0 Å². The van der Waals surface area contributed by atoms with E-state index in [1.807, 2.05) is 13.8 Å². The summed E-state index contributed by atoms with van der Waals surface area (Å²) in [6.07, 6.45) is 0.143. The quantitative estimate of drug-likeness (QED) is 0.607. The SMILES string of the molecule is COC(C)=C(C(C)C)C(C)OC. The topological polar surface area (TPSA) is 18.5 Å². The lowest BCUT2D eigenvalue weighted by molar-refractivity contribution is 0.131. The predicted octanol–water partition coefficient (Wildman–Crippen LogP) is 2.60. The molecular formula is C10H20O2. The molecule has 0 saturated heterocycles. The first-order valence-corrected chi connectivity index (χ1v) is 4.32. The van der Waals surface area contributed by atoms with Gasteiger partial charge >= 0.3 is 0 Å². The molecule has 2 heteroatoms. The molecule has 0 rings (SSSR count). The van der Waals surface area contributed by atoms with Gasteiger partial charge in [0.25, 0.3) is 0 Å². The predicted molar refractivity (Wildman–Crippen MR) is 51.0 cm³/mol. The third kappa shape index (κ3) is 2.86. The van der Waals surface area contributed by atoms with Crippen molar-refractivity contribution in [2.75, 3.05) is 14.2 Å². The summed E-state index contributed by atoms with van der Waals surface area (Å²) in [5, 5.41) is 0. The highest BCUT2D eigenvalue weighted by Gasteiger charge is 2.15. The van der Waals surface area contributed by atoms with Gasteiger partial charge < -0.3 is 9.47 Å². The van der Waals surface area contributed by atoms with Crippen molar-refractivity contribution in [3.8, 4) is 0 Å². The number of hydrogen-bond acceptors (Lipinski definition) is 2. The molecule has 12 heavy (non-hydrogen) atoms. The van der Waals surface area contributed by atoms with Crippen LogP contribution >= 0.6 is 0 Å². The summed E-state index contributed by atoms with van der Waals surface area (Å²) >= 11 is 0. The van der Waals surface area contributed by atoms with Gasteiger partial charge in [0.2, 0.25) is 0 Å². The average Bonchev–Trinajstić information content (AvgIpc) is 2.03. The highest BCUT2D eigenvalue weighted by molar-refractivity contribution is 5.13. The van der Waals surface area contributed by atoms with Crippen molar-refractivity contribution in [2.45, 2.75) is 33.8 Å². The van der Waals surface area contributed by atoms with E-state index in [2.05, 4.69) is 13.8 Å². The van der Waals surface area contributed by atoms with Gasteiger partial charge in [-0.15, -0.1) is 0 Å². The maximum absolute atomic E-state index is 5.26. The molecule has 0 aliphatic rings. The van der Waals surface area contributed by atoms with Crippen molar-refractivity contribution in [2.24, 2.45) is 5.92 Å². The van der Waals surface area contributed by atoms with Crippen LogP contribution in [-0.4, -0.2) is 20.3 Å². The molecule has 0 aromatic rings. The number of methoxy groups -OCH3 is 2. The first-order valence-electron chi connectivity index (χ1n) is 4.32. The lowest BCUT2D eigenvalue weighted by Crippen LogP contribution is -2.16. The summed E-state index contributed by atoms with van der Waals surface area (Å²) in [5.74, 6) is 1.44. The fourth-order valence-corrected chi connectivity index (χ4v) is 1.41. The third-order valence-corrected chi connectivity index (χ3v) is 2.13. The Hall–Kier alpha value is -0.500. The standard InChI is InChI=1S/C10H20O2/c1-7(2)10(8(3)11-5)9(4)12-6/h7-8H,1-6H3. The smallest absolute Gasteiger partial charge is 0.0944 e. The Morgan fingerprint density at radius 1 is 1.08 bits per heavy atom. The van der Waals surface area contributed by atoms with Crippen molar-refractivity contribution in [3.05, 3.63) is 11.3 Å². The molecule has 0 aliphatic heterocycles. The molecule has 0 amide bonds. The minimum Gasteiger partial charge on any atom is -0.501 e. The lowest BCUT2D eigenvalue weighted by atomic mass is 9.97. The number of ether oxygens (including phenoxy) is 2. The second kappa shape index (κ2) is 5.20. The van der Waals surface area contributed by atoms with Crippen molar-refractivity contribution < 1.29 is 9.47 Å². The maximum atomic E-state index is 5.26. The molecule has 0 fully saturated rings. The molecule has 0 aliphatic carbocycles. The van der Waals surface area contributed by atoms with Gasteiger partial charge in [-0.3, -0.25) is 0 Å². The molecule has 0 spiro atoms. The zero-order valence-electron chi connectivity index (χ0n) is 8.97. The fraction of sp³-hybridized carbons (Fsp3) is 0.800. The van der Waals surface area contributed by atoms with E-state index in [0.29, 0.717) is 5.92 Å². The first-order chi connectivity index (χ1) is 5.54. The normalized spacial score (nSPS) is 15.9. The third-order valence-electron chi connectivity index (χ3n) is 2.13. The van der Waals surface area contributed by atoms with Crippen LogP contribution < -0.4 is 0 Å². The Labute approximate surface area is 75.6 Å². The van der Waals surface area contributed by atoms with Gasteiger partial charge in [-0.1, -0.05) is 13.8 Å². The monoisotopic (exact) mass is 172 g/mol. The molecule has 1 unspecified atom stereocenters. The zero-order chi connectivity index (χ0) is 9.72. The van der Waals surface area contributed by atoms with Crippen LogP contribution in [0.25, 0.3) is 0 Å². The van der Waals surface area contributed by atoms with E-state index in [0.717, 1.165) is 5.76 Å². The Morgan fingerprint density at radius 3 is 1.83 bits per heavy atom. The Bertz CT molecular complexity index is 159.